The number of carboxylic acids is 1. The van der Waals surface area contributed by atoms with Crippen LogP contribution in [0.25, 0.3) is 33.5 Å². The summed E-state index contributed by atoms with van der Waals surface area (Å²) in [6.45, 7) is 1.90. The molecule has 0 aliphatic heterocycles. The lowest BCUT2D eigenvalue weighted by Gasteiger charge is -2.04. The third kappa shape index (κ3) is 3.20. The van der Waals surface area contributed by atoms with Crippen molar-refractivity contribution in [3.8, 4) is 22.5 Å². The summed E-state index contributed by atoms with van der Waals surface area (Å²) in [5.41, 5.74) is 6.13. The van der Waals surface area contributed by atoms with Gasteiger partial charge in [0.2, 0.25) is 0 Å². The van der Waals surface area contributed by atoms with Crippen molar-refractivity contribution in [2.24, 2.45) is 0 Å². The van der Waals surface area contributed by atoms with E-state index in [9.17, 15) is 9.90 Å². The molecule has 1 aromatic heterocycles. The van der Waals surface area contributed by atoms with E-state index in [1.165, 1.54) is 0 Å². The van der Waals surface area contributed by atoms with Gasteiger partial charge in [-0.2, -0.15) is 0 Å². The molecular weight excluding hydrogens is 340 g/mol. The van der Waals surface area contributed by atoms with E-state index in [4.69, 9.17) is 5.11 Å². The first-order valence-corrected chi connectivity index (χ1v) is 8.59. The molecule has 5 heteroatoms. The van der Waals surface area contributed by atoms with Crippen molar-refractivity contribution in [3.63, 3.8) is 0 Å². The second-order valence-electron chi connectivity index (χ2n) is 6.53. The Labute approximate surface area is 156 Å². The second kappa shape index (κ2) is 6.70. The highest BCUT2D eigenvalue weighted by molar-refractivity contribution is 6.02. The Balaban J connectivity index is 1.71. The smallest absolute Gasteiger partial charge is 0.337 e. The number of aromatic nitrogens is 2. The van der Waals surface area contributed by atoms with Crippen LogP contribution in [0, 0.1) is 6.92 Å². The number of aromatic carboxylic acids is 1. The molecule has 0 fully saturated rings. The van der Waals surface area contributed by atoms with E-state index in [-0.39, 0.29) is 12.2 Å². The second-order valence-corrected chi connectivity index (χ2v) is 6.53. The van der Waals surface area contributed by atoms with Crippen LogP contribution in [0.3, 0.4) is 0 Å². The molecule has 0 unspecified atom stereocenters. The number of H-pyrrole nitrogens is 1. The first-order valence-electron chi connectivity index (χ1n) is 8.59. The van der Waals surface area contributed by atoms with Crippen molar-refractivity contribution < 1.29 is 15.0 Å². The van der Waals surface area contributed by atoms with E-state index in [1.54, 1.807) is 6.07 Å². The van der Waals surface area contributed by atoms with Crippen LogP contribution < -0.4 is 0 Å². The molecule has 0 atom stereocenters. The summed E-state index contributed by atoms with van der Waals surface area (Å²) in [4.78, 5) is 19.2. The van der Waals surface area contributed by atoms with Crippen molar-refractivity contribution >= 4 is 17.0 Å². The number of benzene rings is 3. The van der Waals surface area contributed by atoms with Gasteiger partial charge in [-0.15, -0.1) is 0 Å². The van der Waals surface area contributed by atoms with Crippen LogP contribution in [0.2, 0.25) is 0 Å². The number of nitrogens with one attached hydrogen (secondary N) is 1. The Bertz CT molecular complexity index is 1130. The van der Waals surface area contributed by atoms with E-state index in [0.717, 1.165) is 27.8 Å². The summed E-state index contributed by atoms with van der Waals surface area (Å²) in [6.07, 6.45) is 0. The summed E-state index contributed by atoms with van der Waals surface area (Å²) in [7, 11) is 0. The number of aliphatic hydroxyl groups is 1. The first-order chi connectivity index (χ1) is 13.0. The summed E-state index contributed by atoms with van der Waals surface area (Å²) >= 11 is 0. The molecule has 0 amide bonds. The zero-order chi connectivity index (χ0) is 19.0. The summed E-state index contributed by atoms with van der Waals surface area (Å²) < 4.78 is 0. The number of aromatic amines is 1. The highest BCUT2D eigenvalue weighted by atomic mass is 16.4. The van der Waals surface area contributed by atoms with Crippen LogP contribution in [0.1, 0.15) is 21.5 Å². The molecule has 0 radical (unpaired) electrons. The Morgan fingerprint density at radius 3 is 2.15 bits per heavy atom. The van der Waals surface area contributed by atoms with Crippen LogP contribution in [-0.4, -0.2) is 26.2 Å². The third-order valence-corrected chi connectivity index (χ3v) is 4.59. The van der Waals surface area contributed by atoms with Gasteiger partial charge in [0, 0.05) is 5.56 Å². The van der Waals surface area contributed by atoms with Gasteiger partial charge >= 0.3 is 5.97 Å². The van der Waals surface area contributed by atoms with E-state index < -0.39 is 5.97 Å². The Kier molecular flexibility index (Phi) is 4.22. The lowest BCUT2D eigenvalue weighted by Crippen LogP contribution is -1.98. The molecule has 1 heterocycles. The average Bonchev–Trinajstić information content (AvgIpc) is 3.11. The maximum atomic E-state index is 11.5. The molecule has 0 saturated heterocycles. The largest absolute Gasteiger partial charge is 0.478 e. The lowest BCUT2D eigenvalue weighted by molar-refractivity contribution is 0.0698. The van der Waals surface area contributed by atoms with Crippen molar-refractivity contribution in [2.75, 3.05) is 0 Å². The Morgan fingerprint density at radius 1 is 0.963 bits per heavy atom. The fourth-order valence-corrected chi connectivity index (χ4v) is 3.18. The van der Waals surface area contributed by atoms with Gasteiger partial charge in [0.15, 0.2) is 0 Å². The minimum absolute atomic E-state index is 0.0308. The molecule has 0 aliphatic carbocycles. The van der Waals surface area contributed by atoms with Crippen molar-refractivity contribution in [1.29, 1.82) is 0 Å². The number of carboxylic acid groups (broad SMARTS) is 1. The number of rotatable bonds is 4. The number of imidazole rings is 1. The molecule has 5 nitrogen and oxygen atoms in total. The minimum Gasteiger partial charge on any atom is -0.478 e. The maximum absolute atomic E-state index is 11.5. The monoisotopic (exact) mass is 358 g/mol. The van der Waals surface area contributed by atoms with Crippen LogP contribution in [0.15, 0.2) is 60.7 Å². The quantitative estimate of drug-likeness (QED) is 0.505. The normalized spacial score (nSPS) is 11.0. The molecule has 0 saturated carbocycles. The molecular formula is C22H18N2O3. The van der Waals surface area contributed by atoms with Gasteiger partial charge in [-0.25, -0.2) is 9.78 Å². The molecule has 4 rings (SSSR count). The zero-order valence-corrected chi connectivity index (χ0v) is 14.7. The predicted molar refractivity (Wildman–Crippen MR) is 105 cm³/mol. The van der Waals surface area contributed by atoms with Crippen molar-refractivity contribution in [2.45, 2.75) is 13.5 Å². The Morgan fingerprint density at radius 2 is 1.56 bits per heavy atom. The third-order valence-electron chi connectivity index (χ3n) is 4.59. The van der Waals surface area contributed by atoms with Gasteiger partial charge < -0.3 is 15.2 Å². The van der Waals surface area contributed by atoms with E-state index in [0.29, 0.717) is 16.9 Å². The van der Waals surface area contributed by atoms with Crippen molar-refractivity contribution in [3.05, 3.63) is 77.4 Å². The molecule has 0 aliphatic rings. The first kappa shape index (κ1) is 17.0. The fraction of sp³-hybridized carbons (Fsp3) is 0.0909. The van der Waals surface area contributed by atoms with E-state index >= 15 is 0 Å². The fourth-order valence-electron chi connectivity index (χ4n) is 3.18. The van der Waals surface area contributed by atoms with Crippen molar-refractivity contribution in [1.82, 2.24) is 9.97 Å². The highest BCUT2D eigenvalue weighted by Crippen LogP contribution is 2.27. The van der Waals surface area contributed by atoms with Gasteiger partial charge in [-0.1, -0.05) is 48.5 Å². The molecule has 4 aromatic rings. The maximum Gasteiger partial charge on any atom is 0.337 e. The molecule has 0 bridgehead atoms. The topological polar surface area (TPSA) is 86.2 Å². The summed E-state index contributed by atoms with van der Waals surface area (Å²) in [6, 6.07) is 19.2. The standard InChI is InChI=1S/C22H18N2O3/c1-13-10-18(22(26)27)20-19(11-13)23-21(24-20)17-8-6-16(7-9-17)15-4-2-14(12-25)3-5-15/h2-11,25H,12H2,1H3,(H,23,24)(H,26,27). The number of carbonyl (C=O) groups is 1. The molecule has 134 valence electrons. The summed E-state index contributed by atoms with van der Waals surface area (Å²) in [5.74, 6) is -0.344. The van der Waals surface area contributed by atoms with E-state index in [1.807, 2.05) is 61.5 Å². The number of aryl methyl sites for hydroxylation is 1. The number of hydrogen-bond donors (Lipinski definition) is 3. The predicted octanol–water partition coefficient (Wildman–Crippen LogP) is 4.40. The van der Waals surface area contributed by atoms with Gasteiger partial charge in [0.1, 0.15) is 11.3 Å². The molecule has 3 aromatic carbocycles. The van der Waals surface area contributed by atoms with Gasteiger partial charge in [-0.3, -0.25) is 0 Å². The lowest BCUT2D eigenvalue weighted by atomic mass is 10.0. The minimum atomic E-state index is -0.983. The van der Waals surface area contributed by atoms with Gasteiger partial charge in [0.25, 0.3) is 0 Å². The van der Waals surface area contributed by atoms with Gasteiger partial charge in [-0.05, 0) is 41.3 Å². The highest BCUT2D eigenvalue weighted by Gasteiger charge is 2.14. The molecule has 0 spiro atoms. The Hall–Kier alpha value is -3.44. The van der Waals surface area contributed by atoms with Crippen LogP contribution >= 0.6 is 0 Å². The number of hydrogen-bond acceptors (Lipinski definition) is 3. The van der Waals surface area contributed by atoms with Crippen LogP contribution in [0.5, 0.6) is 0 Å². The average molecular weight is 358 g/mol. The zero-order valence-electron chi connectivity index (χ0n) is 14.7. The number of fused-ring (bicyclic) bond motifs is 1. The summed E-state index contributed by atoms with van der Waals surface area (Å²) in [5, 5.41) is 18.6. The number of nitrogens with zero attached hydrogens (tertiary/aromatic N) is 1. The van der Waals surface area contributed by atoms with Crippen LogP contribution in [0.4, 0.5) is 0 Å². The van der Waals surface area contributed by atoms with E-state index in [2.05, 4.69) is 9.97 Å². The van der Waals surface area contributed by atoms with Crippen LogP contribution in [-0.2, 0) is 6.61 Å². The number of aliphatic hydroxyl groups excluding tert-OH is 1. The van der Waals surface area contributed by atoms with Gasteiger partial charge in [0.05, 0.1) is 17.7 Å². The SMILES string of the molecule is Cc1cc(C(=O)O)c2nc(-c3ccc(-c4ccc(CO)cc4)cc3)[nH]c2c1. The molecule has 27 heavy (non-hydrogen) atoms. The molecule has 3 N–H and O–H groups in total.